The highest BCUT2D eigenvalue weighted by atomic mass is 79.9. The van der Waals surface area contributed by atoms with Crippen molar-refractivity contribution >= 4 is 21.6 Å². The Bertz CT molecular complexity index is 472. The van der Waals surface area contributed by atoms with Crippen LogP contribution < -0.4 is 4.90 Å². The number of nitrogens with zero attached hydrogens (tertiary/aromatic N) is 2. The van der Waals surface area contributed by atoms with Crippen molar-refractivity contribution in [2.24, 2.45) is 0 Å². The molecular weight excluding hydrogens is 326 g/mol. The molecule has 2 aliphatic rings. The van der Waals surface area contributed by atoms with Crippen LogP contribution in [-0.4, -0.2) is 37.1 Å². The van der Waals surface area contributed by atoms with Crippen LogP contribution in [0.3, 0.4) is 0 Å². The molecule has 2 heterocycles. The minimum Gasteiger partial charge on any atom is -0.365 e. The molecule has 1 aromatic rings. The number of halogens is 3. The van der Waals surface area contributed by atoms with Gasteiger partial charge in [-0.2, -0.15) is 0 Å². The van der Waals surface area contributed by atoms with Gasteiger partial charge in [0.2, 0.25) is 0 Å². The highest BCUT2D eigenvalue weighted by Gasteiger charge is 2.29. The summed E-state index contributed by atoms with van der Waals surface area (Å²) in [5.74, 6) is -0.942. The van der Waals surface area contributed by atoms with Crippen LogP contribution in [0.1, 0.15) is 25.7 Å². The van der Waals surface area contributed by atoms with Crippen LogP contribution in [0, 0.1) is 11.6 Å². The lowest BCUT2D eigenvalue weighted by atomic mass is 10.0. The van der Waals surface area contributed by atoms with Gasteiger partial charge in [-0.1, -0.05) is 22.4 Å². The van der Waals surface area contributed by atoms with Gasteiger partial charge in [-0.3, -0.25) is 4.90 Å². The maximum absolute atomic E-state index is 14.1. The molecule has 110 valence electrons. The van der Waals surface area contributed by atoms with Gasteiger partial charge in [-0.25, -0.2) is 8.78 Å². The molecule has 20 heavy (non-hydrogen) atoms. The van der Waals surface area contributed by atoms with Gasteiger partial charge in [0.15, 0.2) is 11.6 Å². The first-order valence-corrected chi connectivity index (χ1v) is 8.08. The molecule has 0 aliphatic carbocycles. The first-order valence-electron chi connectivity index (χ1n) is 7.28. The summed E-state index contributed by atoms with van der Waals surface area (Å²) in [6, 6.07) is 3.14. The van der Waals surface area contributed by atoms with Gasteiger partial charge in [0.1, 0.15) is 5.69 Å². The van der Waals surface area contributed by atoms with E-state index < -0.39 is 11.6 Å². The molecule has 1 unspecified atom stereocenters. The maximum atomic E-state index is 14.1. The van der Waals surface area contributed by atoms with Crippen molar-refractivity contribution in [1.29, 1.82) is 0 Å². The van der Waals surface area contributed by atoms with Crippen molar-refractivity contribution < 1.29 is 8.78 Å². The lowest BCUT2D eigenvalue weighted by Crippen LogP contribution is -2.44. The van der Waals surface area contributed by atoms with Gasteiger partial charge in [0.25, 0.3) is 0 Å². The van der Waals surface area contributed by atoms with E-state index in [0.717, 1.165) is 39.0 Å². The summed E-state index contributed by atoms with van der Waals surface area (Å²) in [7, 11) is 0. The molecule has 0 saturated carbocycles. The molecule has 0 radical (unpaired) electrons. The predicted molar refractivity (Wildman–Crippen MR) is 80.1 cm³/mol. The normalized spacial score (nSPS) is 24.4. The molecule has 1 atom stereocenters. The zero-order chi connectivity index (χ0) is 14.1. The first-order chi connectivity index (χ1) is 9.65. The Morgan fingerprint density at radius 2 is 1.70 bits per heavy atom. The zero-order valence-corrected chi connectivity index (χ0v) is 13.0. The monoisotopic (exact) mass is 344 g/mol. The van der Waals surface area contributed by atoms with Gasteiger partial charge in [-0.15, -0.1) is 0 Å². The van der Waals surface area contributed by atoms with Gasteiger partial charge in [0, 0.05) is 30.1 Å². The minimum atomic E-state index is -0.471. The molecule has 0 N–H and O–H groups in total. The van der Waals surface area contributed by atoms with Crippen LogP contribution in [0.5, 0.6) is 0 Å². The third-order valence-corrected chi connectivity index (χ3v) is 4.81. The number of rotatable bonds is 1. The summed E-state index contributed by atoms with van der Waals surface area (Å²) in [5, 5.41) is 0. The van der Waals surface area contributed by atoms with Crippen molar-refractivity contribution in [3.63, 3.8) is 0 Å². The number of benzene rings is 1. The number of fused-ring (bicyclic) bond motifs is 1. The summed E-state index contributed by atoms with van der Waals surface area (Å²) in [4.78, 5) is 4.38. The molecule has 0 spiro atoms. The first kappa shape index (κ1) is 14.3. The van der Waals surface area contributed by atoms with E-state index in [0.29, 0.717) is 10.5 Å². The largest absolute Gasteiger partial charge is 0.365 e. The third kappa shape index (κ3) is 2.84. The van der Waals surface area contributed by atoms with Crippen LogP contribution in [0.2, 0.25) is 0 Å². The average molecular weight is 345 g/mol. The second kappa shape index (κ2) is 5.98. The summed E-state index contributed by atoms with van der Waals surface area (Å²) in [6.45, 7) is 3.63. The lowest BCUT2D eigenvalue weighted by Gasteiger charge is -2.36. The molecule has 0 bridgehead atoms. The SMILES string of the molecule is Fc1cc(Br)cc(F)c1N1CCCN2CCCCC2C1. The van der Waals surface area contributed by atoms with Gasteiger partial charge < -0.3 is 4.90 Å². The standard InChI is InChI=1S/C15H19BrF2N2/c16-11-8-13(17)15(14(18)9-11)20-7-3-6-19-5-2-1-4-12(19)10-20/h8-9,12H,1-7,10H2. The molecule has 0 aromatic heterocycles. The molecule has 5 heteroatoms. The van der Waals surface area contributed by atoms with E-state index in [1.54, 1.807) is 0 Å². The van der Waals surface area contributed by atoms with E-state index in [9.17, 15) is 8.78 Å². The lowest BCUT2D eigenvalue weighted by molar-refractivity contribution is 0.162. The van der Waals surface area contributed by atoms with Crippen molar-refractivity contribution in [1.82, 2.24) is 4.90 Å². The molecule has 3 rings (SSSR count). The molecule has 2 nitrogen and oxygen atoms in total. The highest BCUT2D eigenvalue weighted by molar-refractivity contribution is 9.10. The Labute approximate surface area is 126 Å². The molecule has 2 saturated heterocycles. The van der Waals surface area contributed by atoms with Crippen molar-refractivity contribution in [3.05, 3.63) is 28.2 Å². The highest BCUT2D eigenvalue weighted by Crippen LogP contribution is 2.30. The summed E-state index contributed by atoms with van der Waals surface area (Å²) >= 11 is 3.14. The minimum absolute atomic E-state index is 0.139. The maximum Gasteiger partial charge on any atom is 0.150 e. The molecule has 2 aliphatic heterocycles. The number of piperidine rings is 1. The van der Waals surface area contributed by atoms with Crippen LogP contribution in [0.15, 0.2) is 16.6 Å². The van der Waals surface area contributed by atoms with Crippen LogP contribution in [-0.2, 0) is 0 Å². The zero-order valence-electron chi connectivity index (χ0n) is 11.4. The average Bonchev–Trinajstić information content (AvgIpc) is 2.59. The van der Waals surface area contributed by atoms with Crippen LogP contribution >= 0.6 is 15.9 Å². The fourth-order valence-corrected chi connectivity index (χ4v) is 3.81. The fraction of sp³-hybridized carbons (Fsp3) is 0.600. The van der Waals surface area contributed by atoms with Crippen LogP contribution in [0.25, 0.3) is 0 Å². The summed E-state index contributed by atoms with van der Waals surface area (Å²) < 4.78 is 28.7. The Morgan fingerprint density at radius 1 is 1.00 bits per heavy atom. The summed E-state index contributed by atoms with van der Waals surface area (Å²) in [6.07, 6.45) is 4.57. The number of hydrogen-bond donors (Lipinski definition) is 0. The van der Waals surface area contributed by atoms with Crippen molar-refractivity contribution in [3.8, 4) is 0 Å². The third-order valence-electron chi connectivity index (χ3n) is 4.35. The second-order valence-corrected chi connectivity index (χ2v) is 6.62. The Hall–Kier alpha value is -0.680. The quantitative estimate of drug-likeness (QED) is 0.764. The Morgan fingerprint density at radius 3 is 2.45 bits per heavy atom. The molecule has 1 aromatic carbocycles. The van der Waals surface area contributed by atoms with E-state index in [-0.39, 0.29) is 5.69 Å². The Balaban J connectivity index is 1.86. The van der Waals surface area contributed by atoms with E-state index in [2.05, 4.69) is 20.8 Å². The number of anilines is 1. The van der Waals surface area contributed by atoms with Crippen LogP contribution in [0.4, 0.5) is 14.5 Å². The second-order valence-electron chi connectivity index (χ2n) is 5.70. The van der Waals surface area contributed by atoms with E-state index in [4.69, 9.17) is 0 Å². The van der Waals surface area contributed by atoms with E-state index >= 15 is 0 Å². The van der Waals surface area contributed by atoms with Gasteiger partial charge >= 0.3 is 0 Å². The molecule has 0 amide bonds. The molecular formula is C15H19BrF2N2. The van der Waals surface area contributed by atoms with Crippen molar-refractivity contribution in [2.75, 3.05) is 31.1 Å². The summed E-state index contributed by atoms with van der Waals surface area (Å²) in [5.41, 5.74) is 0.139. The van der Waals surface area contributed by atoms with Gasteiger partial charge in [-0.05, 0) is 37.9 Å². The predicted octanol–water partition coefficient (Wildman–Crippen LogP) is 3.79. The Kier molecular flexibility index (Phi) is 4.26. The van der Waals surface area contributed by atoms with Gasteiger partial charge in [0.05, 0.1) is 0 Å². The van der Waals surface area contributed by atoms with E-state index in [1.807, 2.05) is 4.90 Å². The number of hydrogen-bond acceptors (Lipinski definition) is 2. The topological polar surface area (TPSA) is 6.48 Å². The smallest absolute Gasteiger partial charge is 0.150 e. The fourth-order valence-electron chi connectivity index (χ4n) is 3.41. The van der Waals surface area contributed by atoms with E-state index in [1.165, 1.54) is 25.0 Å². The van der Waals surface area contributed by atoms with Crippen molar-refractivity contribution in [2.45, 2.75) is 31.7 Å². The molecule has 2 fully saturated rings.